The van der Waals surface area contributed by atoms with Crippen LogP contribution in [0.1, 0.15) is 18.6 Å². The van der Waals surface area contributed by atoms with Crippen LogP contribution in [0.2, 0.25) is 0 Å². The summed E-state index contributed by atoms with van der Waals surface area (Å²) in [6.07, 6.45) is -0.923. The fourth-order valence-corrected chi connectivity index (χ4v) is 1.32. The van der Waals surface area contributed by atoms with Crippen molar-refractivity contribution in [2.45, 2.75) is 13.0 Å². The molecule has 1 aromatic rings. The van der Waals surface area contributed by atoms with Gasteiger partial charge in [-0.2, -0.15) is 0 Å². The minimum absolute atomic E-state index is 0.260. The van der Waals surface area contributed by atoms with Crippen LogP contribution in [0.15, 0.2) is 34.8 Å². The second kappa shape index (κ2) is 4.03. The van der Waals surface area contributed by atoms with E-state index in [1.165, 1.54) is 6.07 Å². The Morgan fingerprint density at radius 1 is 1.62 bits per heavy atom. The Morgan fingerprint density at radius 3 is 2.69 bits per heavy atom. The van der Waals surface area contributed by atoms with Crippen molar-refractivity contribution in [3.05, 3.63) is 46.2 Å². The fourth-order valence-electron chi connectivity index (χ4n) is 0.989. The van der Waals surface area contributed by atoms with Crippen LogP contribution in [0.3, 0.4) is 0 Å². The van der Waals surface area contributed by atoms with E-state index in [1.807, 2.05) is 0 Å². The third-order valence-electron chi connectivity index (χ3n) is 1.72. The van der Waals surface area contributed by atoms with Gasteiger partial charge in [-0.05, 0) is 24.6 Å². The molecular weight excluding hydrogens is 235 g/mol. The normalized spacial score (nSPS) is 12.6. The van der Waals surface area contributed by atoms with Crippen molar-refractivity contribution in [3.8, 4) is 0 Å². The molecule has 0 saturated heterocycles. The van der Waals surface area contributed by atoms with Crippen molar-refractivity contribution in [1.82, 2.24) is 0 Å². The molecule has 0 saturated carbocycles. The number of rotatable bonds is 2. The highest BCUT2D eigenvalue weighted by atomic mass is 79.9. The number of benzene rings is 1. The average Bonchev–Trinajstić information content (AvgIpc) is 2.03. The Kier molecular flexibility index (Phi) is 3.22. The molecule has 1 N–H and O–H groups in total. The second-order valence-corrected chi connectivity index (χ2v) is 3.83. The Balaban J connectivity index is 3.08. The molecule has 0 heterocycles. The molecular formula is C10H10BrFO. The SMILES string of the molecule is C=C(C)C(O)c1ccc(Br)cc1F. The molecule has 0 aliphatic heterocycles. The van der Waals surface area contributed by atoms with Crippen molar-refractivity contribution in [3.63, 3.8) is 0 Å². The second-order valence-electron chi connectivity index (χ2n) is 2.91. The Morgan fingerprint density at radius 2 is 2.23 bits per heavy atom. The maximum absolute atomic E-state index is 13.2. The lowest BCUT2D eigenvalue weighted by Crippen LogP contribution is -2.00. The highest BCUT2D eigenvalue weighted by Gasteiger charge is 2.12. The fraction of sp³-hybridized carbons (Fsp3) is 0.200. The van der Waals surface area contributed by atoms with Crippen molar-refractivity contribution in [2.24, 2.45) is 0 Å². The summed E-state index contributed by atoms with van der Waals surface area (Å²) in [5.74, 6) is -0.426. The first-order valence-electron chi connectivity index (χ1n) is 3.81. The topological polar surface area (TPSA) is 20.2 Å². The molecule has 0 radical (unpaired) electrons. The molecule has 0 spiro atoms. The van der Waals surface area contributed by atoms with E-state index in [0.717, 1.165) is 0 Å². The zero-order valence-electron chi connectivity index (χ0n) is 7.22. The van der Waals surface area contributed by atoms with E-state index in [2.05, 4.69) is 22.5 Å². The summed E-state index contributed by atoms with van der Waals surface area (Å²) in [7, 11) is 0. The molecule has 3 heteroatoms. The van der Waals surface area contributed by atoms with Crippen molar-refractivity contribution in [1.29, 1.82) is 0 Å². The van der Waals surface area contributed by atoms with E-state index in [4.69, 9.17) is 0 Å². The summed E-state index contributed by atoms with van der Waals surface area (Å²) in [6.45, 7) is 5.23. The number of aliphatic hydroxyl groups is 1. The van der Waals surface area contributed by atoms with Crippen molar-refractivity contribution in [2.75, 3.05) is 0 Å². The first-order valence-corrected chi connectivity index (χ1v) is 4.60. The van der Waals surface area contributed by atoms with Crippen molar-refractivity contribution < 1.29 is 9.50 Å². The monoisotopic (exact) mass is 244 g/mol. The summed E-state index contributed by atoms with van der Waals surface area (Å²) in [5, 5.41) is 9.51. The van der Waals surface area contributed by atoms with Crippen LogP contribution in [-0.4, -0.2) is 5.11 Å². The number of hydrogen-bond acceptors (Lipinski definition) is 1. The molecule has 0 aliphatic rings. The molecule has 1 nitrogen and oxygen atoms in total. The molecule has 0 fully saturated rings. The molecule has 0 aliphatic carbocycles. The van der Waals surface area contributed by atoms with E-state index in [0.29, 0.717) is 10.0 Å². The van der Waals surface area contributed by atoms with Crippen LogP contribution in [0.5, 0.6) is 0 Å². The molecule has 1 aromatic carbocycles. The van der Waals surface area contributed by atoms with Crippen LogP contribution in [-0.2, 0) is 0 Å². The van der Waals surface area contributed by atoms with E-state index in [-0.39, 0.29) is 5.56 Å². The Hall–Kier alpha value is -0.670. The predicted molar refractivity (Wildman–Crippen MR) is 53.9 cm³/mol. The van der Waals surface area contributed by atoms with Gasteiger partial charge in [-0.3, -0.25) is 0 Å². The standard InChI is InChI=1S/C10H10BrFO/c1-6(2)10(13)8-4-3-7(11)5-9(8)12/h3-5,10,13H,1H2,2H3. The third kappa shape index (κ3) is 2.39. The first-order chi connectivity index (χ1) is 6.02. The van der Waals surface area contributed by atoms with Crippen LogP contribution >= 0.6 is 15.9 Å². The molecule has 13 heavy (non-hydrogen) atoms. The molecule has 0 amide bonds. The summed E-state index contributed by atoms with van der Waals surface area (Å²) in [5.41, 5.74) is 0.789. The maximum Gasteiger partial charge on any atom is 0.130 e. The van der Waals surface area contributed by atoms with Gasteiger partial charge in [-0.15, -0.1) is 0 Å². The molecule has 0 aromatic heterocycles. The van der Waals surface area contributed by atoms with Gasteiger partial charge in [0.1, 0.15) is 11.9 Å². The Labute approximate surface area is 85.0 Å². The average molecular weight is 245 g/mol. The van der Waals surface area contributed by atoms with Crippen molar-refractivity contribution >= 4 is 15.9 Å². The molecule has 1 rings (SSSR count). The van der Waals surface area contributed by atoms with Gasteiger partial charge in [0.05, 0.1) is 0 Å². The van der Waals surface area contributed by atoms with Gasteiger partial charge in [-0.25, -0.2) is 4.39 Å². The van der Waals surface area contributed by atoms with Gasteiger partial charge in [-0.1, -0.05) is 28.6 Å². The lowest BCUT2D eigenvalue weighted by Gasteiger charge is -2.11. The van der Waals surface area contributed by atoms with Crippen LogP contribution in [0.25, 0.3) is 0 Å². The largest absolute Gasteiger partial charge is 0.384 e. The van der Waals surface area contributed by atoms with Crippen LogP contribution in [0.4, 0.5) is 4.39 Å². The highest BCUT2D eigenvalue weighted by Crippen LogP contribution is 2.24. The van der Waals surface area contributed by atoms with Gasteiger partial charge >= 0.3 is 0 Å². The van der Waals surface area contributed by atoms with Gasteiger partial charge in [0.25, 0.3) is 0 Å². The minimum atomic E-state index is -0.923. The maximum atomic E-state index is 13.2. The zero-order valence-corrected chi connectivity index (χ0v) is 8.81. The van der Waals surface area contributed by atoms with E-state index in [9.17, 15) is 9.50 Å². The van der Waals surface area contributed by atoms with E-state index >= 15 is 0 Å². The van der Waals surface area contributed by atoms with E-state index in [1.54, 1.807) is 19.1 Å². The summed E-state index contributed by atoms with van der Waals surface area (Å²) in [6, 6.07) is 4.55. The number of aliphatic hydroxyl groups excluding tert-OH is 1. The van der Waals surface area contributed by atoms with E-state index < -0.39 is 11.9 Å². The van der Waals surface area contributed by atoms with Crippen LogP contribution in [0, 0.1) is 5.82 Å². The summed E-state index contributed by atoms with van der Waals surface area (Å²) >= 11 is 3.14. The lowest BCUT2D eigenvalue weighted by atomic mass is 10.0. The molecule has 0 bridgehead atoms. The lowest BCUT2D eigenvalue weighted by molar-refractivity contribution is 0.211. The highest BCUT2D eigenvalue weighted by molar-refractivity contribution is 9.10. The molecule has 70 valence electrons. The quantitative estimate of drug-likeness (QED) is 0.793. The Bertz CT molecular complexity index is 336. The van der Waals surface area contributed by atoms with Crippen LogP contribution < -0.4 is 0 Å². The zero-order chi connectivity index (χ0) is 10.0. The minimum Gasteiger partial charge on any atom is -0.384 e. The molecule has 1 unspecified atom stereocenters. The molecule has 1 atom stereocenters. The van der Waals surface area contributed by atoms with Gasteiger partial charge < -0.3 is 5.11 Å². The summed E-state index contributed by atoms with van der Waals surface area (Å²) in [4.78, 5) is 0. The van der Waals surface area contributed by atoms with Gasteiger partial charge in [0.2, 0.25) is 0 Å². The first kappa shape index (κ1) is 10.4. The predicted octanol–water partition coefficient (Wildman–Crippen LogP) is 3.20. The summed E-state index contributed by atoms with van der Waals surface area (Å²) < 4.78 is 13.9. The van der Waals surface area contributed by atoms with Gasteiger partial charge in [0, 0.05) is 10.0 Å². The number of hydrogen-bond donors (Lipinski definition) is 1. The van der Waals surface area contributed by atoms with Gasteiger partial charge in [0.15, 0.2) is 0 Å². The smallest absolute Gasteiger partial charge is 0.130 e. The number of halogens is 2. The third-order valence-corrected chi connectivity index (χ3v) is 2.22.